The Kier molecular flexibility index (Phi) is 1.89. The van der Waals surface area contributed by atoms with Crippen molar-refractivity contribution < 1.29 is 21.6 Å². The van der Waals surface area contributed by atoms with Crippen molar-refractivity contribution in [3.8, 4) is 0 Å². The van der Waals surface area contributed by atoms with Crippen LogP contribution >= 0.6 is 0 Å². The van der Waals surface area contributed by atoms with Crippen LogP contribution in [0.1, 0.15) is 12.8 Å². The Hall–Kier alpha value is -0.340. The maximum Gasteiger partial charge on any atom is 0.407 e. The van der Waals surface area contributed by atoms with Crippen LogP contribution in [0.25, 0.3) is 0 Å². The highest BCUT2D eigenvalue weighted by Gasteiger charge is 2.64. The van der Waals surface area contributed by atoms with Gasteiger partial charge in [-0.3, -0.25) is 0 Å². The molecule has 0 aliphatic heterocycles. The molecule has 1 rings (SSSR count). The number of nitrogens with one attached hydrogen (secondary N) is 1. The molecule has 0 aromatic rings. The minimum absolute atomic E-state index is 0.243. The van der Waals surface area contributed by atoms with E-state index in [1.807, 2.05) is 0 Å². The van der Waals surface area contributed by atoms with Crippen LogP contribution in [0.15, 0.2) is 0 Å². The Labute approximate surface area is 67.1 Å². The van der Waals surface area contributed by atoms with Gasteiger partial charge in [-0.1, -0.05) is 0 Å². The van der Waals surface area contributed by atoms with Crippen LogP contribution in [0.4, 0.5) is 13.2 Å². The van der Waals surface area contributed by atoms with Gasteiger partial charge in [0.25, 0.3) is 10.2 Å². The van der Waals surface area contributed by atoms with Crippen molar-refractivity contribution in [2.24, 2.45) is 5.14 Å². The molecule has 0 aromatic heterocycles. The van der Waals surface area contributed by atoms with E-state index in [1.54, 1.807) is 0 Å². The van der Waals surface area contributed by atoms with Crippen LogP contribution in [-0.4, -0.2) is 20.1 Å². The topological polar surface area (TPSA) is 72.2 Å². The summed E-state index contributed by atoms with van der Waals surface area (Å²) in [6.07, 6.45) is -5.04. The molecular formula is C4H7F3N2O2S. The van der Waals surface area contributed by atoms with Crippen molar-refractivity contribution in [2.45, 2.75) is 24.6 Å². The van der Waals surface area contributed by atoms with Crippen molar-refractivity contribution in [3.63, 3.8) is 0 Å². The molecule has 1 aliphatic carbocycles. The van der Waals surface area contributed by atoms with Gasteiger partial charge in [-0.25, -0.2) is 5.14 Å². The second kappa shape index (κ2) is 2.33. The predicted molar refractivity (Wildman–Crippen MR) is 34.3 cm³/mol. The molecular weight excluding hydrogens is 197 g/mol. The quantitative estimate of drug-likeness (QED) is 0.657. The number of nitrogens with two attached hydrogens (primary N) is 1. The molecule has 8 heteroatoms. The third kappa shape index (κ3) is 1.87. The number of hydrogen-bond donors (Lipinski definition) is 2. The fraction of sp³-hybridized carbons (Fsp3) is 1.00. The molecule has 1 aliphatic rings. The SMILES string of the molecule is NS(=O)(=O)NC1(C(F)(F)F)CC1. The summed E-state index contributed by atoms with van der Waals surface area (Å²) >= 11 is 0. The lowest BCUT2D eigenvalue weighted by molar-refractivity contribution is -0.160. The van der Waals surface area contributed by atoms with Crippen LogP contribution in [0.5, 0.6) is 0 Å². The van der Waals surface area contributed by atoms with E-state index in [4.69, 9.17) is 0 Å². The van der Waals surface area contributed by atoms with E-state index in [-0.39, 0.29) is 12.8 Å². The zero-order chi connectivity index (χ0) is 9.62. The molecule has 12 heavy (non-hydrogen) atoms. The van der Waals surface area contributed by atoms with Gasteiger partial charge >= 0.3 is 6.18 Å². The van der Waals surface area contributed by atoms with Crippen molar-refractivity contribution >= 4 is 10.2 Å². The number of hydrogen-bond acceptors (Lipinski definition) is 2. The normalized spacial score (nSPS) is 22.3. The average Bonchev–Trinajstić information content (AvgIpc) is 2.39. The largest absolute Gasteiger partial charge is 0.407 e. The Morgan fingerprint density at radius 3 is 1.83 bits per heavy atom. The molecule has 0 saturated heterocycles. The Balaban J connectivity index is 2.76. The van der Waals surface area contributed by atoms with Crippen LogP contribution in [-0.2, 0) is 10.2 Å². The van der Waals surface area contributed by atoms with Gasteiger partial charge in [0.2, 0.25) is 0 Å². The molecule has 72 valence electrons. The highest BCUT2D eigenvalue weighted by molar-refractivity contribution is 7.87. The lowest BCUT2D eigenvalue weighted by Crippen LogP contribution is -2.50. The summed E-state index contributed by atoms with van der Waals surface area (Å²) in [6.45, 7) is 0. The van der Waals surface area contributed by atoms with E-state index in [0.29, 0.717) is 0 Å². The smallest absolute Gasteiger partial charge is 0.216 e. The Morgan fingerprint density at radius 2 is 1.75 bits per heavy atom. The van der Waals surface area contributed by atoms with E-state index in [2.05, 4.69) is 5.14 Å². The van der Waals surface area contributed by atoms with E-state index in [1.165, 1.54) is 4.72 Å². The van der Waals surface area contributed by atoms with Crippen LogP contribution in [0.2, 0.25) is 0 Å². The van der Waals surface area contributed by atoms with Gasteiger partial charge in [0.15, 0.2) is 0 Å². The van der Waals surface area contributed by atoms with E-state index in [9.17, 15) is 21.6 Å². The fourth-order valence-electron chi connectivity index (χ4n) is 0.841. The first kappa shape index (κ1) is 9.75. The van der Waals surface area contributed by atoms with Crippen LogP contribution in [0, 0.1) is 0 Å². The van der Waals surface area contributed by atoms with Crippen molar-refractivity contribution in [1.82, 2.24) is 4.72 Å². The molecule has 3 N–H and O–H groups in total. The zero-order valence-corrected chi connectivity index (χ0v) is 6.67. The molecule has 0 heterocycles. The molecule has 0 bridgehead atoms. The third-order valence-corrected chi connectivity index (χ3v) is 2.31. The summed E-state index contributed by atoms with van der Waals surface area (Å²) in [6, 6.07) is 0. The summed E-state index contributed by atoms with van der Waals surface area (Å²) in [7, 11) is -4.27. The van der Waals surface area contributed by atoms with Crippen LogP contribution < -0.4 is 9.86 Å². The number of alkyl halides is 3. The lowest BCUT2D eigenvalue weighted by Gasteiger charge is -2.18. The Bertz CT molecular complexity index is 279. The van der Waals surface area contributed by atoms with E-state index in [0.717, 1.165) is 0 Å². The summed E-state index contributed by atoms with van der Waals surface area (Å²) < 4.78 is 58.1. The maximum absolute atomic E-state index is 12.0. The monoisotopic (exact) mass is 204 g/mol. The van der Waals surface area contributed by atoms with Crippen molar-refractivity contribution in [1.29, 1.82) is 0 Å². The molecule has 0 amide bonds. The van der Waals surface area contributed by atoms with Gasteiger partial charge in [-0.05, 0) is 12.8 Å². The van der Waals surface area contributed by atoms with Gasteiger partial charge in [0, 0.05) is 0 Å². The molecule has 0 spiro atoms. The minimum atomic E-state index is -4.56. The second-order valence-electron chi connectivity index (χ2n) is 2.73. The summed E-state index contributed by atoms with van der Waals surface area (Å²) in [5.74, 6) is 0. The molecule has 0 unspecified atom stereocenters. The second-order valence-corrected chi connectivity index (χ2v) is 4.02. The summed E-state index contributed by atoms with van der Waals surface area (Å²) in [4.78, 5) is 0. The first-order valence-electron chi connectivity index (χ1n) is 3.05. The van der Waals surface area contributed by atoms with E-state index >= 15 is 0 Å². The zero-order valence-electron chi connectivity index (χ0n) is 5.85. The standard InChI is InChI=1S/C4H7F3N2O2S/c5-4(6,7)3(1-2-3)9-12(8,10)11/h9H,1-2H2,(H2,8,10,11). The van der Waals surface area contributed by atoms with Gasteiger partial charge in [-0.2, -0.15) is 26.3 Å². The van der Waals surface area contributed by atoms with E-state index < -0.39 is 21.9 Å². The van der Waals surface area contributed by atoms with Crippen molar-refractivity contribution in [2.75, 3.05) is 0 Å². The number of rotatable bonds is 2. The summed E-state index contributed by atoms with van der Waals surface area (Å²) in [5.41, 5.74) is -2.29. The van der Waals surface area contributed by atoms with Gasteiger partial charge in [0.05, 0.1) is 0 Å². The third-order valence-electron chi connectivity index (χ3n) is 1.63. The molecule has 0 aromatic carbocycles. The van der Waals surface area contributed by atoms with Crippen LogP contribution in [0.3, 0.4) is 0 Å². The minimum Gasteiger partial charge on any atom is -0.216 e. The van der Waals surface area contributed by atoms with Gasteiger partial charge < -0.3 is 0 Å². The average molecular weight is 204 g/mol. The highest BCUT2D eigenvalue weighted by atomic mass is 32.2. The van der Waals surface area contributed by atoms with Gasteiger partial charge in [-0.15, -0.1) is 0 Å². The molecule has 1 saturated carbocycles. The Morgan fingerprint density at radius 1 is 1.33 bits per heavy atom. The maximum atomic E-state index is 12.0. The molecule has 0 radical (unpaired) electrons. The first-order valence-corrected chi connectivity index (χ1v) is 4.59. The first-order chi connectivity index (χ1) is 5.16. The lowest BCUT2D eigenvalue weighted by atomic mass is 10.3. The molecule has 4 nitrogen and oxygen atoms in total. The molecule has 1 fully saturated rings. The molecule has 0 atom stereocenters. The predicted octanol–water partition coefficient (Wildman–Crippen LogP) is -0.126. The number of halogens is 3. The highest BCUT2D eigenvalue weighted by Crippen LogP contribution is 2.49. The fourth-order valence-corrected chi connectivity index (χ4v) is 1.71. The summed E-state index contributed by atoms with van der Waals surface area (Å²) in [5, 5.41) is 4.42. The van der Waals surface area contributed by atoms with Gasteiger partial charge in [0.1, 0.15) is 5.54 Å². The van der Waals surface area contributed by atoms with Crippen molar-refractivity contribution in [3.05, 3.63) is 0 Å².